The summed E-state index contributed by atoms with van der Waals surface area (Å²) in [5.41, 5.74) is 3.02. The fourth-order valence-electron chi connectivity index (χ4n) is 4.42. The highest BCUT2D eigenvalue weighted by Gasteiger charge is 2.33. The fourth-order valence-corrected chi connectivity index (χ4v) is 4.78. The van der Waals surface area contributed by atoms with Crippen molar-refractivity contribution in [3.63, 3.8) is 0 Å². The van der Waals surface area contributed by atoms with E-state index < -0.39 is 6.09 Å². The molecule has 3 aromatic carbocycles. The molecule has 3 aromatic rings. The van der Waals surface area contributed by atoms with Gasteiger partial charge in [0.2, 0.25) is 0 Å². The Morgan fingerprint density at radius 1 is 0.973 bits per heavy atom. The van der Waals surface area contributed by atoms with Crippen LogP contribution in [0.3, 0.4) is 0 Å². The second-order valence-electron chi connectivity index (χ2n) is 9.02. The Labute approximate surface area is 227 Å². The van der Waals surface area contributed by atoms with Gasteiger partial charge in [-0.15, -0.1) is 0 Å². The number of likely N-dealkylation sites (tertiary alicyclic amines) is 1. The first-order valence-electron chi connectivity index (χ1n) is 12.4. The molecule has 1 aliphatic rings. The van der Waals surface area contributed by atoms with E-state index in [0.29, 0.717) is 49.4 Å². The molecule has 4 rings (SSSR count). The van der Waals surface area contributed by atoms with Crippen LogP contribution in [0.1, 0.15) is 35.4 Å². The predicted molar refractivity (Wildman–Crippen MR) is 145 cm³/mol. The van der Waals surface area contributed by atoms with Crippen molar-refractivity contribution < 1.29 is 24.1 Å². The van der Waals surface area contributed by atoms with Gasteiger partial charge >= 0.3 is 6.09 Å². The van der Waals surface area contributed by atoms with Gasteiger partial charge in [-0.1, -0.05) is 65.7 Å². The quantitative estimate of drug-likeness (QED) is 0.263. The molecular weight excluding hydrogens is 513 g/mol. The number of benzene rings is 3. The lowest BCUT2D eigenvalue weighted by molar-refractivity contribution is -0.0199. The van der Waals surface area contributed by atoms with E-state index in [4.69, 9.17) is 37.4 Å². The topological polar surface area (TPSA) is 68.2 Å². The van der Waals surface area contributed by atoms with Crippen LogP contribution in [0.2, 0.25) is 10.0 Å². The second kappa shape index (κ2) is 13.7. The third-order valence-electron chi connectivity index (χ3n) is 6.41. The van der Waals surface area contributed by atoms with Gasteiger partial charge in [-0.3, -0.25) is 0 Å². The van der Waals surface area contributed by atoms with Crippen molar-refractivity contribution in [1.82, 2.24) is 4.90 Å². The number of nitrogens with zero attached hydrogens (tertiary/aromatic N) is 1. The molecule has 2 unspecified atom stereocenters. The maximum atomic E-state index is 11.6. The van der Waals surface area contributed by atoms with Crippen LogP contribution in [-0.2, 0) is 22.7 Å². The van der Waals surface area contributed by atoms with Crippen LogP contribution in [0.5, 0.6) is 5.75 Å². The molecule has 1 N–H and O–H groups in total. The molecule has 1 aliphatic heterocycles. The zero-order valence-electron chi connectivity index (χ0n) is 20.5. The summed E-state index contributed by atoms with van der Waals surface area (Å²) in [4.78, 5) is 13.0. The number of ether oxygens (including phenoxy) is 3. The number of halogens is 2. The van der Waals surface area contributed by atoms with Gasteiger partial charge in [0, 0.05) is 28.9 Å². The summed E-state index contributed by atoms with van der Waals surface area (Å²) in [6.07, 6.45) is 0.210. The number of hydrogen-bond acceptors (Lipinski definition) is 4. The Morgan fingerprint density at radius 2 is 1.76 bits per heavy atom. The molecule has 0 aromatic heterocycles. The van der Waals surface area contributed by atoms with Crippen LogP contribution in [0.25, 0.3) is 0 Å². The molecule has 0 radical (unpaired) electrons. The molecule has 1 fully saturated rings. The van der Waals surface area contributed by atoms with Gasteiger partial charge in [0.1, 0.15) is 5.75 Å². The molecule has 37 heavy (non-hydrogen) atoms. The monoisotopic (exact) mass is 543 g/mol. The number of piperidine rings is 1. The first kappa shape index (κ1) is 27.3. The van der Waals surface area contributed by atoms with Gasteiger partial charge in [0.05, 0.1) is 39.1 Å². The van der Waals surface area contributed by atoms with Gasteiger partial charge in [0.25, 0.3) is 0 Å². The van der Waals surface area contributed by atoms with Crippen molar-refractivity contribution >= 4 is 29.3 Å². The Morgan fingerprint density at radius 3 is 2.51 bits per heavy atom. The molecule has 0 aliphatic carbocycles. The lowest BCUT2D eigenvalue weighted by Gasteiger charge is -2.37. The minimum absolute atomic E-state index is 0.0500. The average molecular weight is 544 g/mol. The van der Waals surface area contributed by atoms with Crippen LogP contribution in [0, 0.1) is 0 Å². The summed E-state index contributed by atoms with van der Waals surface area (Å²) in [5.74, 6) is 0.840. The Bertz CT molecular complexity index is 1140. The highest BCUT2D eigenvalue weighted by atomic mass is 35.5. The molecular formula is C29H31Cl2NO5. The molecule has 0 bridgehead atoms. The van der Waals surface area contributed by atoms with Crippen molar-refractivity contribution in [3.05, 3.63) is 99.5 Å². The minimum Gasteiger partial charge on any atom is -0.494 e. The molecule has 1 heterocycles. The van der Waals surface area contributed by atoms with E-state index in [-0.39, 0.29) is 18.6 Å². The van der Waals surface area contributed by atoms with Gasteiger partial charge in [-0.05, 0) is 53.4 Å². The van der Waals surface area contributed by atoms with Crippen LogP contribution < -0.4 is 4.74 Å². The van der Waals surface area contributed by atoms with E-state index in [1.54, 1.807) is 18.2 Å². The van der Waals surface area contributed by atoms with Crippen LogP contribution in [-0.4, -0.2) is 48.5 Å². The third kappa shape index (κ3) is 8.11. The molecule has 2 atom stereocenters. The van der Waals surface area contributed by atoms with Gasteiger partial charge < -0.3 is 24.2 Å². The summed E-state index contributed by atoms with van der Waals surface area (Å²) in [6.45, 7) is 2.80. The number of carboxylic acid groups (broad SMARTS) is 1. The van der Waals surface area contributed by atoms with E-state index in [2.05, 4.69) is 0 Å². The van der Waals surface area contributed by atoms with Gasteiger partial charge in [-0.25, -0.2) is 4.79 Å². The van der Waals surface area contributed by atoms with Crippen molar-refractivity contribution in [2.45, 2.75) is 38.1 Å². The van der Waals surface area contributed by atoms with Gasteiger partial charge in [0.15, 0.2) is 0 Å². The predicted octanol–water partition coefficient (Wildman–Crippen LogP) is 7.03. The number of carbonyl (C=O) groups is 1. The van der Waals surface area contributed by atoms with E-state index in [9.17, 15) is 9.90 Å². The summed E-state index contributed by atoms with van der Waals surface area (Å²) >= 11 is 12.4. The molecule has 8 heteroatoms. The molecule has 0 saturated carbocycles. The van der Waals surface area contributed by atoms with Crippen molar-refractivity contribution in [3.8, 4) is 5.75 Å². The second-order valence-corrected chi connectivity index (χ2v) is 9.86. The maximum absolute atomic E-state index is 11.6. The number of hydrogen-bond donors (Lipinski definition) is 1. The van der Waals surface area contributed by atoms with Crippen LogP contribution >= 0.6 is 23.2 Å². The lowest BCUT2D eigenvalue weighted by Crippen LogP contribution is -2.46. The largest absolute Gasteiger partial charge is 0.494 e. The standard InChI is InChI=1S/C29H31Cl2NO5/c30-24-9-12-27(31)23(17-24)20-37-28-18-32(29(33)34)14-13-26(28)22-7-10-25(11-8-22)36-16-4-15-35-19-21-5-2-1-3-6-21/h1-3,5-12,17,26,28H,4,13-16,18-20H2,(H,33,34). The fraction of sp³-hybridized carbons (Fsp3) is 0.345. The van der Waals surface area contributed by atoms with Crippen molar-refractivity contribution in [2.24, 2.45) is 0 Å². The van der Waals surface area contributed by atoms with E-state index in [0.717, 1.165) is 28.9 Å². The molecule has 1 saturated heterocycles. The van der Waals surface area contributed by atoms with Crippen LogP contribution in [0.15, 0.2) is 72.8 Å². The highest BCUT2D eigenvalue weighted by molar-refractivity contribution is 6.33. The molecule has 1 amide bonds. The summed E-state index contributed by atoms with van der Waals surface area (Å²) in [5, 5.41) is 10.7. The van der Waals surface area contributed by atoms with Crippen molar-refractivity contribution in [2.75, 3.05) is 26.3 Å². The lowest BCUT2D eigenvalue weighted by atomic mass is 9.87. The smallest absolute Gasteiger partial charge is 0.407 e. The number of amides is 1. The Hall–Kier alpha value is -2.77. The maximum Gasteiger partial charge on any atom is 0.407 e. The Balaban J connectivity index is 1.29. The minimum atomic E-state index is -0.940. The summed E-state index contributed by atoms with van der Waals surface area (Å²) < 4.78 is 17.8. The highest BCUT2D eigenvalue weighted by Crippen LogP contribution is 2.33. The first-order valence-corrected chi connectivity index (χ1v) is 13.1. The molecule has 6 nitrogen and oxygen atoms in total. The summed E-state index contributed by atoms with van der Waals surface area (Å²) in [7, 11) is 0. The normalized spacial score (nSPS) is 17.5. The van der Waals surface area contributed by atoms with E-state index in [1.807, 2.05) is 54.6 Å². The molecule has 0 spiro atoms. The molecule has 196 valence electrons. The number of rotatable bonds is 11. The van der Waals surface area contributed by atoms with E-state index in [1.165, 1.54) is 4.90 Å². The Kier molecular flexibility index (Phi) is 10.1. The SMILES string of the molecule is O=C(O)N1CCC(c2ccc(OCCCOCc3ccccc3)cc2)C(OCc2cc(Cl)ccc2Cl)C1. The average Bonchev–Trinajstić information content (AvgIpc) is 2.92. The van der Waals surface area contributed by atoms with Crippen LogP contribution in [0.4, 0.5) is 4.79 Å². The first-order chi connectivity index (χ1) is 18.0. The van der Waals surface area contributed by atoms with Gasteiger partial charge in [-0.2, -0.15) is 0 Å². The zero-order valence-corrected chi connectivity index (χ0v) is 22.0. The third-order valence-corrected chi connectivity index (χ3v) is 7.02. The summed E-state index contributed by atoms with van der Waals surface area (Å²) in [6, 6.07) is 23.3. The zero-order chi connectivity index (χ0) is 26.0. The van der Waals surface area contributed by atoms with Crippen molar-refractivity contribution in [1.29, 1.82) is 0 Å². The van der Waals surface area contributed by atoms with E-state index >= 15 is 0 Å².